The fourth-order valence-corrected chi connectivity index (χ4v) is 3.07. The Kier molecular flexibility index (Phi) is 3.76. The summed E-state index contributed by atoms with van der Waals surface area (Å²) in [5.74, 6) is -0.119. The number of hydrogen-bond acceptors (Lipinski definition) is 4. The highest BCUT2D eigenvalue weighted by Crippen LogP contribution is 2.25. The minimum atomic E-state index is -0.825. The van der Waals surface area contributed by atoms with E-state index < -0.39 is 12.1 Å². The summed E-state index contributed by atoms with van der Waals surface area (Å²) in [5, 5.41) is 3.85. The molecule has 0 radical (unpaired) electrons. The van der Waals surface area contributed by atoms with Crippen LogP contribution < -0.4 is 5.32 Å². The van der Waals surface area contributed by atoms with Gasteiger partial charge in [0, 0.05) is 11.8 Å². The van der Waals surface area contributed by atoms with Crippen molar-refractivity contribution < 1.29 is 18.7 Å². The second kappa shape index (κ2) is 6.09. The largest absolute Gasteiger partial charge is 0.459 e. The van der Waals surface area contributed by atoms with Crippen LogP contribution in [0.5, 0.6) is 0 Å². The molecule has 2 heterocycles. The Balaban J connectivity index is 1.49. The number of carbonyl (C=O) groups is 2. The predicted octanol–water partition coefficient (Wildman–Crippen LogP) is 3.39. The Bertz CT molecular complexity index is 926. The van der Waals surface area contributed by atoms with Gasteiger partial charge in [-0.1, -0.05) is 36.4 Å². The smallest absolute Gasteiger partial charge is 0.339 e. The van der Waals surface area contributed by atoms with Crippen LogP contribution in [0.2, 0.25) is 0 Å². The highest BCUT2D eigenvalue weighted by Gasteiger charge is 2.32. The number of carbonyl (C=O) groups excluding carboxylic acids is 2. The Morgan fingerprint density at radius 2 is 1.92 bits per heavy atom. The number of benzene rings is 2. The third kappa shape index (κ3) is 2.89. The third-order valence-electron chi connectivity index (χ3n) is 4.41. The molecular weight excluding hydrogens is 318 g/mol. The first-order valence-corrected chi connectivity index (χ1v) is 8.19. The van der Waals surface area contributed by atoms with Crippen molar-refractivity contribution in [2.45, 2.75) is 25.5 Å². The number of para-hydroxylation sites is 1. The van der Waals surface area contributed by atoms with Gasteiger partial charge in [-0.05, 0) is 30.7 Å². The molecule has 4 rings (SSSR count). The van der Waals surface area contributed by atoms with E-state index >= 15 is 0 Å². The van der Waals surface area contributed by atoms with E-state index in [0.717, 1.165) is 16.5 Å². The monoisotopic (exact) mass is 335 g/mol. The zero-order chi connectivity index (χ0) is 17.4. The number of amides is 1. The highest BCUT2D eigenvalue weighted by molar-refractivity contribution is 5.95. The van der Waals surface area contributed by atoms with Gasteiger partial charge in [0.05, 0.1) is 11.6 Å². The van der Waals surface area contributed by atoms with Gasteiger partial charge in [0.1, 0.15) is 11.3 Å². The molecule has 1 amide bonds. The molecular formula is C20H17NO4. The van der Waals surface area contributed by atoms with Gasteiger partial charge < -0.3 is 14.5 Å². The lowest BCUT2D eigenvalue weighted by atomic mass is 9.98. The van der Waals surface area contributed by atoms with Gasteiger partial charge in [-0.25, -0.2) is 4.79 Å². The molecule has 5 heteroatoms. The minimum absolute atomic E-state index is 0.323. The standard InChI is InChI=1S/C20H17NO4/c1-12(17-11-14-7-3-5-9-16(14)24-17)21-19(22)18-10-13-6-2-4-8-15(13)20(23)25-18/h2-9,11-12,18H,10H2,1H3,(H,21,22). The molecule has 25 heavy (non-hydrogen) atoms. The van der Waals surface area contributed by atoms with Crippen LogP contribution in [0.3, 0.4) is 0 Å². The van der Waals surface area contributed by atoms with E-state index in [1.165, 1.54) is 0 Å². The molecule has 2 atom stereocenters. The summed E-state index contributed by atoms with van der Waals surface area (Å²) in [6.45, 7) is 1.84. The van der Waals surface area contributed by atoms with Crippen LogP contribution in [0.1, 0.15) is 34.6 Å². The van der Waals surface area contributed by atoms with E-state index in [-0.39, 0.29) is 11.9 Å². The van der Waals surface area contributed by atoms with Gasteiger partial charge in [0.2, 0.25) is 0 Å². The number of esters is 1. The molecule has 126 valence electrons. The second-order valence-electron chi connectivity index (χ2n) is 6.17. The van der Waals surface area contributed by atoms with Gasteiger partial charge in [0.15, 0.2) is 6.10 Å². The molecule has 2 unspecified atom stereocenters. The maximum Gasteiger partial charge on any atom is 0.339 e. The van der Waals surface area contributed by atoms with Crippen LogP contribution in [0, 0.1) is 0 Å². The molecule has 1 aliphatic heterocycles. The summed E-state index contributed by atoms with van der Waals surface area (Å²) < 4.78 is 11.1. The van der Waals surface area contributed by atoms with Gasteiger partial charge in [-0.2, -0.15) is 0 Å². The summed E-state index contributed by atoms with van der Waals surface area (Å²) >= 11 is 0. The Labute approximate surface area is 144 Å². The zero-order valence-corrected chi connectivity index (χ0v) is 13.7. The van der Waals surface area contributed by atoms with Crippen molar-refractivity contribution >= 4 is 22.8 Å². The van der Waals surface area contributed by atoms with Gasteiger partial charge >= 0.3 is 5.97 Å². The molecule has 5 nitrogen and oxygen atoms in total. The molecule has 1 N–H and O–H groups in total. The quantitative estimate of drug-likeness (QED) is 0.745. The molecule has 2 aromatic carbocycles. The molecule has 0 bridgehead atoms. The van der Waals surface area contributed by atoms with Crippen molar-refractivity contribution in [3.8, 4) is 0 Å². The molecule has 0 spiro atoms. The molecule has 0 saturated carbocycles. The van der Waals surface area contributed by atoms with Crippen molar-refractivity contribution in [2.24, 2.45) is 0 Å². The SMILES string of the molecule is CC(NC(=O)C1Cc2ccccc2C(=O)O1)c1cc2ccccc2o1. The van der Waals surface area contributed by atoms with E-state index in [1.807, 2.05) is 49.4 Å². The van der Waals surface area contributed by atoms with E-state index in [2.05, 4.69) is 5.32 Å². The lowest BCUT2D eigenvalue weighted by molar-refractivity contribution is -0.131. The maximum absolute atomic E-state index is 12.5. The number of fused-ring (bicyclic) bond motifs is 2. The molecule has 0 aliphatic carbocycles. The van der Waals surface area contributed by atoms with Gasteiger partial charge in [-0.3, -0.25) is 4.79 Å². The Morgan fingerprint density at radius 3 is 2.76 bits per heavy atom. The lowest BCUT2D eigenvalue weighted by Crippen LogP contribution is -2.42. The van der Waals surface area contributed by atoms with Crippen molar-refractivity contribution in [1.29, 1.82) is 0 Å². The van der Waals surface area contributed by atoms with Crippen molar-refractivity contribution in [1.82, 2.24) is 5.32 Å². The van der Waals surface area contributed by atoms with Crippen LogP contribution in [0.4, 0.5) is 0 Å². The first-order chi connectivity index (χ1) is 12.1. The molecule has 1 aliphatic rings. The number of rotatable bonds is 3. The van der Waals surface area contributed by atoms with Crippen LogP contribution in [-0.4, -0.2) is 18.0 Å². The van der Waals surface area contributed by atoms with Crippen LogP contribution in [-0.2, 0) is 16.0 Å². The predicted molar refractivity (Wildman–Crippen MR) is 92.1 cm³/mol. The summed E-state index contributed by atoms with van der Waals surface area (Å²) in [6.07, 6.45) is -0.449. The van der Waals surface area contributed by atoms with Crippen LogP contribution in [0.25, 0.3) is 11.0 Å². The summed E-state index contributed by atoms with van der Waals surface area (Å²) in [5.41, 5.74) is 2.13. The Hall–Kier alpha value is -3.08. The molecule has 0 fully saturated rings. The third-order valence-corrected chi connectivity index (χ3v) is 4.41. The van der Waals surface area contributed by atoms with Gasteiger partial charge in [-0.15, -0.1) is 0 Å². The highest BCUT2D eigenvalue weighted by atomic mass is 16.5. The molecule has 3 aromatic rings. The van der Waals surface area contributed by atoms with E-state index in [0.29, 0.717) is 17.7 Å². The van der Waals surface area contributed by atoms with E-state index in [1.54, 1.807) is 12.1 Å². The summed E-state index contributed by atoms with van der Waals surface area (Å²) in [4.78, 5) is 24.6. The maximum atomic E-state index is 12.5. The number of hydrogen-bond donors (Lipinski definition) is 1. The van der Waals surface area contributed by atoms with Crippen molar-refractivity contribution in [3.05, 3.63) is 71.5 Å². The van der Waals surface area contributed by atoms with Crippen molar-refractivity contribution in [3.63, 3.8) is 0 Å². The summed E-state index contributed by atoms with van der Waals surface area (Å²) in [7, 11) is 0. The molecule has 1 aromatic heterocycles. The van der Waals surface area contributed by atoms with E-state index in [4.69, 9.17) is 9.15 Å². The minimum Gasteiger partial charge on any atom is -0.459 e. The average Bonchev–Trinajstić information content (AvgIpc) is 3.06. The number of cyclic esters (lactones) is 1. The van der Waals surface area contributed by atoms with Crippen molar-refractivity contribution in [2.75, 3.05) is 0 Å². The van der Waals surface area contributed by atoms with E-state index in [9.17, 15) is 9.59 Å². The zero-order valence-electron chi connectivity index (χ0n) is 13.7. The number of furan rings is 1. The Morgan fingerprint density at radius 1 is 1.16 bits per heavy atom. The summed E-state index contributed by atoms with van der Waals surface area (Å²) in [6, 6.07) is 16.4. The first-order valence-electron chi connectivity index (χ1n) is 8.19. The van der Waals surface area contributed by atoms with Crippen LogP contribution in [0.15, 0.2) is 59.0 Å². The topological polar surface area (TPSA) is 68.5 Å². The second-order valence-corrected chi connectivity index (χ2v) is 6.17. The lowest BCUT2D eigenvalue weighted by Gasteiger charge is -2.24. The normalized spacial score (nSPS) is 17.6. The fourth-order valence-electron chi connectivity index (χ4n) is 3.07. The fraction of sp³-hybridized carbons (Fsp3) is 0.200. The number of nitrogens with one attached hydrogen (secondary N) is 1. The number of ether oxygens (including phenoxy) is 1. The average molecular weight is 335 g/mol. The molecule has 0 saturated heterocycles. The van der Waals surface area contributed by atoms with Gasteiger partial charge in [0.25, 0.3) is 5.91 Å². The van der Waals surface area contributed by atoms with Crippen LogP contribution >= 0.6 is 0 Å². The first kappa shape index (κ1) is 15.4.